The first-order chi connectivity index (χ1) is 10.3. The maximum atomic E-state index is 11.3. The van der Waals surface area contributed by atoms with Crippen LogP contribution >= 0.6 is 0 Å². The molecule has 0 aromatic heterocycles. The molecule has 0 bridgehead atoms. The lowest BCUT2D eigenvalue weighted by molar-refractivity contribution is -0.113. The highest BCUT2D eigenvalue weighted by molar-refractivity contribution is 5.61. The van der Waals surface area contributed by atoms with Crippen molar-refractivity contribution in [3.8, 4) is 23.8 Å². The fraction of sp³-hybridized carbons (Fsp3) is 0.167. The minimum atomic E-state index is -0.655. The van der Waals surface area contributed by atoms with E-state index in [4.69, 9.17) is 15.9 Å². The Morgan fingerprint density at radius 2 is 1.71 bits per heavy atom. The molecule has 0 heterocycles. The monoisotopic (exact) mass is 280 g/mol. The topological polar surface area (TPSA) is 35.5 Å². The van der Waals surface area contributed by atoms with E-state index in [1.54, 1.807) is 24.3 Å². The third kappa shape index (κ3) is 3.87. The van der Waals surface area contributed by atoms with Gasteiger partial charge in [-0.2, -0.15) is 0 Å². The van der Waals surface area contributed by atoms with Crippen LogP contribution in [0.15, 0.2) is 48.5 Å². The van der Waals surface area contributed by atoms with Crippen LogP contribution in [0.25, 0.3) is 0 Å². The summed E-state index contributed by atoms with van der Waals surface area (Å²) in [7, 11) is 0. The van der Waals surface area contributed by atoms with Gasteiger partial charge in [-0.05, 0) is 48.9 Å². The number of ether oxygens (including phenoxy) is 2. The van der Waals surface area contributed by atoms with Crippen LogP contribution < -0.4 is 9.47 Å². The molecule has 1 atom stereocenters. The number of hydrogen-bond acceptors (Lipinski definition) is 3. The average molecular weight is 280 g/mol. The fourth-order valence-corrected chi connectivity index (χ4v) is 1.87. The second-order valence-electron chi connectivity index (χ2n) is 4.35. The Kier molecular flexibility index (Phi) is 5.00. The maximum Gasteiger partial charge on any atom is 0.179 e. The summed E-state index contributed by atoms with van der Waals surface area (Å²) in [5.41, 5.74) is 1.54. The third-order valence-electron chi connectivity index (χ3n) is 2.93. The molecule has 2 aromatic carbocycles. The molecular weight excluding hydrogens is 264 g/mol. The quantitative estimate of drug-likeness (QED) is 0.601. The summed E-state index contributed by atoms with van der Waals surface area (Å²) in [5, 5.41) is 0. The van der Waals surface area contributed by atoms with Gasteiger partial charge in [0.15, 0.2) is 12.4 Å². The highest BCUT2D eigenvalue weighted by atomic mass is 16.5. The summed E-state index contributed by atoms with van der Waals surface area (Å²) in [6.45, 7) is 2.53. The Morgan fingerprint density at radius 1 is 1.10 bits per heavy atom. The molecule has 21 heavy (non-hydrogen) atoms. The summed E-state index contributed by atoms with van der Waals surface area (Å²) < 4.78 is 11.0. The normalized spacial score (nSPS) is 11.2. The molecule has 0 spiro atoms. The summed E-state index contributed by atoms with van der Waals surface area (Å²) in [4.78, 5) is 11.3. The molecule has 0 aliphatic carbocycles. The van der Waals surface area contributed by atoms with E-state index in [1.807, 2.05) is 31.2 Å². The number of terminal acetylenes is 1. The van der Waals surface area contributed by atoms with Gasteiger partial charge >= 0.3 is 0 Å². The standard InChI is InChI=1S/C18H16O3/c1-3-14-5-9-17(10-6-14)21-18(13-19)15-7-11-16(12-8-15)20-4-2/h1,5-13,18H,4H2,2H3. The van der Waals surface area contributed by atoms with Crippen LogP contribution in [0.5, 0.6) is 11.5 Å². The smallest absolute Gasteiger partial charge is 0.179 e. The fourth-order valence-electron chi connectivity index (χ4n) is 1.87. The number of benzene rings is 2. The van der Waals surface area contributed by atoms with E-state index in [0.29, 0.717) is 12.4 Å². The molecule has 3 heteroatoms. The van der Waals surface area contributed by atoms with Crippen LogP contribution in [0.1, 0.15) is 24.2 Å². The number of carbonyl (C=O) groups is 1. The first kappa shape index (κ1) is 14.7. The molecule has 0 amide bonds. The minimum absolute atomic E-state index is 0.597. The van der Waals surface area contributed by atoms with E-state index in [-0.39, 0.29) is 0 Å². The molecule has 0 aliphatic rings. The van der Waals surface area contributed by atoms with Gasteiger partial charge in [0.25, 0.3) is 0 Å². The van der Waals surface area contributed by atoms with E-state index in [1.165, 1.54) is 0 Å². The van der Waals surface area contributed by atoms with Crippen LogP contribution in [-0.2, 0) is 4.79 Å². The zero-order valence-corrected chi connectivity index (χ0v) is 11.8. The van der Waals surface area contributed by atoms with Gasteiger partial charge < -0.3 is 9.47 Å². The minimum Gasteiger partial charge on any atom is -0.494 e. The number of aldehydes is 1. The molecule has 1 unspecified atom stereocenters. The van der Waals surface area contributed by atoms with Crippen LogP contribution in [0, 0.1) is 12.3 Å². The molecule has 0 radical (unpaired) electrons. The van der Waals surface area contributed by atoms with Crippen molar-refractivity contribution in [2.75, 3.05) is 6.61 Å². The molecule has 2 rings (SSSR count). The molecule has 0 fully saturated rings. The second kappa shape index (κ2) is 7.16. The van der Waals surface area contributed by atoms with E-state index >= 15 is 0 Å². The van der Waals surface area contributed by atoms with Gasteiger partial charge in [-0.3, -0.25) is 4.79 Å². The molecular formula is C18H16O3. The first-order valence-electron chi connectivity index (χ1n) is 6.68. The number of hydrogen-bond donors (Lipinski definition) is 0. The maximum absolute atomic E-state index is 11.3. The van der Waals surface area contributed by atoms with Gasteiger partial charge in [-0.15, -0.1) is 6.42 Å². The van der Waals surface area contributed by atoms with Crippen LogP contribution in [0.3, 0.4) is 0 Å². The van der Waals surface area contributed by atoms with Crippen molar-refractivity contribution < 1.29 is 14.3 Å². The van der Waals surface area contributed by atoms with E-state index in [0.717, 1.165) is 23.2 Å². The van der Waals surface area contributed by atoms with Gasteiger partial charge in [0.1, 0.15) is 11.5 Å². The van der Waals surface area contributed by atoms with Gasteiger partial charge in [0, 0.05) is 5.56 Å². The average Bonchev–Trinajstić information content (AvgIpc) is 2.54. The predicted molar refractivity (Wildman–Crippen MR) is 81.4 cm³/mol. The lowest BCUT2D eigenvalue weighted by Crippen LogP contribution is -2.09. The summed E-state index contributed by atoms with van der Waals surface area (Å²) >= 11 is 0. The van der Waals surface area contributed by atoms with Crippen molar-refractivity contribution in [3.63, 3.8) is 0 Å². The summed E-state index contributed by atoms with van der Waals surface area (Å²) in [6.07, 6.45) is 5.41. The summed E-state index contributed by atoms with van der Waals surface area (Å²) in [6, 6.07) is 14.3. The summed E-state index contributed by atoms with van der Waals surface area (Å²) in [5.74, 6) is 3.90. The molecule has 0 aliphatic heterocycles. The van der Waals surface area contributed by atoms with Gasteiger partial charge in [0.2, 0.25) is 0 Å². The van der Waals surface area contributed by atoms with Crippen molar-refractivity contribution in [1.29, 1.82) is 0 Å². The van der Waals surface area contributed by atoms with Crippen LogP contribution in [0.2, 0.25) is 0 Å². The molecule has 0 saturated carbocycles. The zero-order chi connectivity index (χ0) is 15.1. The predicted octanol–water partition coefficient (Wildman–Crippen LogP) is 3.39. The van der Waals surface area contributed by atoms with Crippen molar-refractivity contribution in [1.82, 2.24) is 0 Å². The second-order valence-corrected chi connectivity index (χ2v) is 4.35. The lowest BCUT2D eigenvalue weighted by atomic mass is 10.1. The van der Waals surface area contributed by atoms with Gasteiger partial charge in [-0.25, -0.2) is 0 Å². The molecule has 106 valence electrons. The largest absolute Gasteiger partial charge is 0.494 e. The highest BCUT2D eigenvalue weighted by Crippen LogP contribution is 2.23. The Hall–Kier alpha value is -2.73. The Bertz CT molecular complexity index is 621. The van der Waals surface area contributed by atoms with Crippen molar-refractivity contribution in [3.05, 3.63) is 59.7 Å². The van der Waals surface area contributed by atoms with Crippen molar-refractivity contribution >= 4 is 6.29 Å². The Balaban J connectivity index is 2.11. The Labute approximate surface area is 124 Å². The lowest BCUT2D eigenvalue weighted by Gasteiger charge is -2.14. The molecule has 2 aromatic rings. The molecule has 3 nitrogen and oxygen atoms in total. The third-order valence-corrected chi connectivity index (χ3v) is 2.93. The van der Waals surface area contributed by atoms with Crippen LogP contribution in [0.4, 0.5) is 0 Å². The van der Waals surface area contributed by atoms with Crippen LogP contribution in [-0.4, -0.2) is 12.9 Å². The molecule has 0 N–H and O–H groups in total. The van der Waals surface area contributed by atoms with Gasteiger partial charge in [0.05, 0.1) is 6.61 Å². The van der Waals surface area contributed by atoms with E-state index in [2.05, 4.69) is 5.92 Å². The van der Waals surface area contributed by atoms with Crippen molar-refractivity contribution in [2.24, 2.45) is 0 Å². The zero-order valence-electron chi connectivity index (χ0n) is 11.8. The van der Waals surface area contributed by atoms with Gasteiger partial charge in [-0.1, -0.05) is 18.1 Å². The number of carbonyl (C=O) groups excluding carboxylic acids is 1. The Morgan fingerprint density at radius 3 is 2.24 bits per heavy atom. The number of rotatable bonds is 6. The molecule has 0 saturated heterocycles. The van der Waals surface area contributed by atoms with E-state index in [9.17, 15) is 4.79 Å². The highest BCUT2D eigenvalue weighted by Gasteiger charge is 2.12. The van der Waals surface area contributed by atoms with E-state index < -0.39 is 6.10 Å². The first-order valence-corrected chi connectivity index (χ1v) is 6.68. The SMILES string of the molecule is C#Cc1ccc(OC(C=O)c2ccc(OCC)cc2)cc1. The van der Waals surface area contributed by atoms with Crippen molar-refractivity contribution in [2.45, 2.75) is 13.0 Å².